The molecule has 5 nitrogen and oxygen atoms in total. The predicted octanol–water partition coefficient (Wildman–Crippen LogP) is 1.86. The van der Waals surface area contributed by atoms with Crippen molar-refractivity contribution in [3.63, 3.8) is 0 Å². The third-order valence-electron chi connectivity index (χ3n) is 2.99. The second-order valence-corrected chi connectivity index (χ2v) is 5.55. The number of carbonyl (C=O) groups is 2. The zero-order valence-corrected chi connectivity index (χ0v) is 12.8. The molecule has 0 saturated heterocycles. The van der Waals surface area contributed by atoms with Gasteiger partial charge >= 0.3 is 0 Å². The van der Waals surface area contributed by atoms with Crippen LogP contribution in [0.1, 0.15) is 29.6 Å². The van der Waals surface area contributed by atoms with Gasteiger partial charge in [0.05, 0.1) is 11.6 Å². The van der Waals surface area contributed by atoms with Gasteiger partial charge < -0.3 is 15.4 Å². The van der Waals surface area contributed by atoms with Crippen LogP contribution in [0.2, 0.25) is 0 Å². The molecule has 1 saturated carbocycles. The van der Waals surface area contributed by atoms with Crippen LogP contribution in [0.3, 0.4) is 0 Å². The summed E-state index contributed by atoms with van der Waals surface area (Å²) in [6.07, 6.45) is 2.44. The molecule has 0 spiro atoms. The lowest BCUT2D eigenvalue weighted by Crippen LogP contribution is -2.31. The minimum atomic E-state index is -0.201. The summed E-state index contributed by atoms with van der Waals surface area (Å²) in [5.74, 6) is 0.460. The number of benzene rings is 1. The van der Waals surface area contributed by atoms with Crippen LogP contribution in [0, 0.1) is 0 Å². The molecule has 108 valence electrons. The number of hydrogen-bond acceptors (Lipinski definition) is 3. The van der Waals surface area contributed by atoms with E-state index >= 15 is 0 Å². The number of halogens is 1. The monoisotopic (exact) mass is 340 g/mol. The van der Waals surface area contributed by atoms with E-state index in [1.54, 1.807) is 25.3 Å². The molecular weight excluding hydrogens is 324 g/mol. The number of carbonyl (C=O) groups excluding carboxylic acids is 2. The molecule has 0 aromatic heterocycles. The van der Waals surface area contributed by atoms with Crippen LogP contribution in [0.25, 0.3) is 0 Å². The Morgan fingerprint density at radius 2 is 2.15 bits per heavy atom. The van der Waals surface area contributed by atoms with E-state index < -0.39 is 0 Å². The minimum Gasteiger partial charge on any atom is -0.496 e. The van der Waals surface area contributed by atoms with Gasteiger partial charge in [-0.05, 0) is 47.0 Å². The first-order valence-electron chi connectivity index (χ1n) is 6.51. The van der Waals surface area contributed by atoms with Crippen molar-refractivity contribution >= 4 is 27.7 Å². The van der Waals surface area contributed by atoms with E-state index in [4.69, 9.17) is 4.74 Å². The van der Waals surface area contributed by atoms with Crippen molar-refractivity contribution in [2.45, 2.75) is 25.3 Å². The summed E-state index contributed by atoms with van der Waals surface area (Å²) in [6, 6.07) is 5.45. The molecule has 1 aliphatic carbocycles. The Morgan fingerprint density at radius 3 is 2.75 bits per heavy atom. The first kappa shape index (κ1) is 14.8. The Kier molecular flexibility index (Phi) is 5.00. The van der Waals surface area contributed by atoms with Crippen LogP contribution in [-0.4, -0.2) is 31.5 Å². The van der Waals surface area contributed by atoms with Gasteiger partial charge in [0.15, 0.2) is 0 Å². The van der Waals surface area contributed by atoms with Gasteiger partial charge in [0.25, 0.3) is 5.91 Å². The number of amides is 2. The SMILES string of the molecule is COc1ccc(C(=O)NCCC(=O)NC2CC2)cc1Br. The predicted molar refractivity (Wildman–Crippen MR) is 78.8 cm³/mol. The molecule has 2 amide bonds. The number of ether oxygens (including phenoxy) is 1. The van der Waals surface area contributed by atoms with E-state index in [9.17, 15) is 9.59 Å². The molecule has 20 heavy (non-hydrogen) atoms. The van der Waals surface area contributed by atoms with E-state index in [2.05, 4.69) is 26.6 Å². The third-order valence-corrected chi connectivity index (χ3v) is 3.61. The van der Waals surface area contributed by atoms with Crippen molar-refractivity contribution in [2.75, 3.05) is 13.7 Å². The Labute approximate surface area is 126 Å². The standard InChI is InChI=1S/C14H17BrN2O3/c1-20-12-5-2-9(8-11(12)15)14(19)16-7-6-13(18)17-10-3-4-10/h2,5,8,10H,3-4,6-7H2,1H3,(H,16,19)(H,17,18). The maximum atomic E-state index is 11.9. The molecule has 0 aliphatic heterocycles. The van der Waals surface area contributed by atoms with Gasteiger partial charge in [-0.2, -0.15) is 0 Å². The van der Waals surface area contributed by atoms with Gasteiger partial charge in [0.2, 0.25) is 5.91 Å². The molecule has 1 aliphatic rings. The van der Waals surface area contributed by atoms with Gasteiger partial charge in [0.1, 0.15) is 5.75 Å². The van der Waals surface area contributed by atoms with Crippen LogP contribution in [-0.2, 0) is 4.79 Å². The maximum absolute atomic E-state index is 11.9. The Balaban J connectivity index is 1.78. The second-order valence-electron chi connectivity index (χ2n) is 4.70. The fourth-order valence-corrected chi connectivity index (χ4v) is 2.27. The summed E-state index contributed by atoms with van der Waals surface area (Å²) in [6.45, 7) is 0.334. The molecule has 1 aromatic rings. The average Bonchev–Trinajstić information content (AvgIpc) is 3.22. The van der Waals surface area contributed by atoms with Gasteiger partial charge in [-0.25, -0.2) is 0 Å². The number of methoxy groups -OCH3 is 1. The highest BCUT2D eigenvalue weighted by Gasteiger charge is 2.22. The highest BCUT2D eigenvalue weighted by atomic mass is 79.9. The van der Waals surface area contributed by atoms with Gasteiger partial charge in [-0.3, -0.25) is 9.59 Å². The van der Waals surface area contributed by atoms with Crippen molar-refractivity contribution in [3.8, 4) is 5.75 Å². The lowest BCUT2D eigenvalue weighted by Gasteiger charge is -2.08. The Morgan fingerprint density at radius 1 is 1.40 bits per heavy atom. The van der Waals surface area contributed by atoms with Crippen LogP contribution >= 0.6 is 15.9 Å². The van der Waals surface area contributed by atoms with Gasteiger partial charge in [-0.15, -0.1) is 0 Å². The van der Waals surface area contributed by atoms with E-state index in [-0.39, 0.29) is 11.8 Å². The summed E-state index contributed by atoms with van der Waals surface area (Å²) in [5.41, 5.74) is 0.528. The highest BCUT2D eigenvalue weighted by molar-refractivity contribution is 9.10. The zero-order valence-electron chi connectivity index (χ0n) is 11.2. The molecule has 0 radical (unpaired) electrons. The molecular formula is C14H17BrN2O3. The van der Waals surface area contributed by atoms with Gasteiger partial charge in [-0.1, -0.05) is 0 Å². The number of nitrogens with one attached hydrogen (secondary N) is 2. The molecule has 1 aromatic carbocycles. The zero-order chi connectivity index (χ0) is 14.5. The second kappa shape index (κ2) is 6.74. The first-order valence-corrected chi connectivity index (χ1v) is 7.30. The van der Waals surface area contributed by atoms with Crippen LogP contribution in [0.4, 0.5) is 0 Å². The summed E-state index contributed by atoms with van der Waals surface area (Å²) in [7, 11) is 1.57. The summed E-state index contributed by atoms with van der Waals surface area (Å²) >= 11 is 3.33. The molecule has 2 rings (SSSR count). The summed E-state index contributed by atoms with van der Waals surface area (Å²) in [5, 5.41) is 5.60. The van der Waals surface area contributed by atoms with Crippen molar-refractivity contribution in [2.24, 2.45) is 0 Å². The quantitative estimate of drug-likeness (QED) is 0.830. The summed E-state index contributed by atoms with van der Waals surface area (Å²) in [4.78, 5) is 23.4. The van der Waals surface area contributed by atoms with Crippen LogP contribution in [0.15, 0.2) is 22.7 Å². The average molecular weight is 341 g/mol. The van der Waals surface area contributed by atoms with E-state index in [1.165, 1.54) is 0 Å². The lowest BCUT2D eigenvalue weighted by molar-refractivity contribution is -0.121. The first-order chi connectivity index (χ1) is 9.60. The largest absolute Gasteiger partial charge is 0.496 e. The normalized spacial score (nSPS) is 13.7. The smallest absolute Gasteiger partial charge is 0.251 e. The topological polar surface area (TPSA) is 67.4 Å². The molecule has 0 atom stereocenters. The summed E-state index contributed by atoms with van der Waals surface area (Å²) < 4.78 is 5.83. The van der Waals surface area contributed by atoms with Crippen LogP contribution < -0.4 is 15.4 Å². The molecule has 0 unspecified atom stereocenters. The molecule has 0 heterocycles. The van der Waals surface area contributed by atoms with E-state index in [0.29, 0.717) is 30.3 Å². The molecule has 0 bridgehead atoms. The molecule has 6 heteroatoms. The fourth-order valence-electron chi connectivity index (χ4n) is 1.73. The third kappa shape index (κ3) is 4.23. The van der Waals surface area contributed by atoms with Crippen molar-refractivity contribution in [1.82, 2.24) is 10.6 Å². The fraction of sp³-hybridized carbons (Fsp3) is 0.429. The molecule has 1 fully saturated rings. The highest BCUT2D eigenvalue weighted by Crippen LogP contribution is 2.25. The van der Waals surface area contributed by atoms with Crippen molar-refractivity contribution < 1.29 is 14.3 Å². The van der Waals surface area contributed by atoms with Gasteiger partial charge in [0, 0.05) is 24.6 Å². The Hall–Kier alpha value is -1.56. The maximum Gasteiger partial charge on any atom is 0.251 e. The van der Waals surface area contributed by atoms with E-state index in [0.717, 1.165) is 17.3 Å². The van der Waals surface area contributed by atoms with Crippen molar-refractivity contribution in [3.05, 3.63) is 28.2 Å². The molecule has 2 N–H and O–H groups in total. The van der Waals surface area contributed by atoms with Crippen LogP contribution in [0.5, 0.6) is 5.75 Å². The number of hydrogen-bond donors (Lipinski definition) is 2. The van der Waals surface area contributed by atoms with E-state index in [1.807, 2.05) is 0 Å². The minimum absolute atomic E-state index is 0.0105. The van der Waals surface area contributed by atoms with Crippen molar-refractivity contribution in [1.29, 1.82) is 0 Å². The Bertz CT molecular complexity index is 515. The number of rotatable bonds is 6. The lowest BCUT2D eigenvalue weighted by atomic mass is 10.2.